The predicted molar refractivity (Wildman–Crippen MR) is 123 cm³/mol. The van der Waals surface area contributed by atoms with E-state index >= 15 is 0 Å². The number of carbonyl (C=O) groups excluding carboxylic acids is 2. The number of aryl methyl sites for hydroxylation is 2. The Morgan fingerprint density at radius 3 is 2.58 bits per heavy atom. The number of aromatic nitrogens is 2. The van der Waals surface area contributed by atoms with Crippen LogP contribution < -0.4 is 5.56 Å². The van der Waals surface area contributed by atoms with Crippen molar-refractivity contribution in [2.75, 3.05) is 31.9 Å². The van der Waals surface area contributed by atoms with E-state index in [0.717, 1.165) is 29.5 Å². The maximum absolute atomic E-state index is 12.5. The summed E-state index contributed by atoms with van der Waals surface area (Å²) in [5, 5.41) is 0.755. The third-order valence-corrected chi connectivity index (χ3v) is 7.49. The van der Waals surface area contributed by atoms with E-state index in [0.29, 0.717) is 43.5 Å². The van der Waals surface area contributed by atoms with Crippen LogP contribution in [-0.2, 0) is 28.1 Å². The fraction of sp³-hybridized carbons (Fsp3) is 0.619. The first-order chi connectivity index (χ1) is 14.7. The van der Waals surface area contributed by atoms with Crippen LogP contribution in [0.1, 0.15) is 43.5 Å². The zero-order valence-electron chi connectivity index (χ0n) is 18.2. The molecular weight excluding hydrogens is 436 g/mol. The average Bonchev–Trinajstić information content (AvgIpc) is 3.27. The summed E-state index contributed by atoms with van der Waals surface area (Å²) < 4.78 is 5.39. The largest absolute Gasteiger partial charge is 0.444 e. The van der Waals surface area contributed by atoms with Crippen LogP contribution in [0.3, 0.4) is 0 Å². The minimum atomic E-state index is -0.526. The van der Waals surface area contributed by atoms with Crippen LogP contribution in [0.4, 0.5) is 4.79 Å². The van der Waals surface area contributed by atoms with Gasteiger partial charge in [0.1, 0.15) is 16.3 Å². The van der Waals surface area contributed by atoms with Crippen LogP contribution in [0.2, 0.25) is 0 Å². The molecule has 2 amide bonds. The summed E-state index contributed by atoms with van der Waals surface area (Å²) >= 11 is 3.07. The normalized spacial score (nSPS) is 16.6. The van der Waals surface area contributed by atoms with E-state index in [9.17, 15) is 14.4 Å². The highest BCUT2D eigenvalue weighted by atomic mass is 32.2. The molecule has 2 aliphatic rings. The molecule has 3 heterocycles. The molecular formula is C21H28N4O4S2. The third kappa shape index (κ3) is 5.06. The fourth-order valence-electron chi connectivity index (χ4n) is 3.91. The summed E-state index contributed by atoms with van der Waals surface area (Å²) in [7, 11) is 0. The van der Waals surface area contributed by atoms with Crippen molar-refractivity contribution in [3.63, 3.8) is 0 Å². The lowest BCUT2D eigenvalue weighted by molar-refractivity contribution is -0.130. The number of nitrogens with zero attached hydrogens (tertiary/aromatic N) is 3. The summed E-state index contributed by atoms with van der Waals surface area (Å²) in [4.78, 5) is 50.3. The number of ether oxygens (including phenoxy) is 1. The molecule has 10 heteroatoms. The number of hydrogen-bond acceptors (Lipinski definition) is 7. The number of amides is 2. The van der Waals surface area contributed by atoms with Gasteiger partial charge >= 0.3 is 6.09 Å². The Labute approximate surface area is 189 Å². The lowest BCUT2D eigenvalue weighted by atomic mass is 10.2. The number of piperazine rings is 1. The first-order valence-corrected chi connectivity index (χ1v) is 12.6. The molecule has 0 saturated carbocycles. The van der Waals surface area contributed by atoms with Crippen molar-refractivity contribution in [1.82, 2.24) is 19.8 Å². The maximum Gasteiger partial charge on any atom is 0.410 e. The monoisotopic (exact) mass is 464 g/mol. The topological polar surface area (TPSA) is 95.6 Å². The van der Waals surface area contributed by atoms with Gasteiger partial charge in [-0.25, -0.2) is 9.78 Å². The number of rotatable bonds is 4. The second-order valence-corrected chi connectivity index (χ2v) is 11.0. The Bertz CT molecular complexity index is 1050. The summed E-state index contributed by atoms with van der Waals surface area (Å²) in [6.45, 7) is 7.47. The van der Waals surface area contributed by atoms with E-state index in [2.05, 4.69) is 9.97 Å². The Hall–Kier alpha value is -2.07. The van der Waals surface area contributed by atoms with Crippen LogP contribution in [0.15, 0.2) is 4.79 Å². The molecule has 1 saturated heterocycles. The fourth-order valence-corrected chi connectivity index (χ4v) is 5.98. The third-order valence-electron chi connectivity index (χ3n) is 5.37. The second-order valence-electron chi connectivity index (χ2n) is 8.89. The molecule has 0 atom stereocenters. The van der Waals surface area contributed by atoms with Crippen LogP contribution in [0, 0.1) is 0 Å². The molecule has 1 aliphatic carbocycles. The molecule has 31 heavy (non-hydrogen) atoms. The van der Waals surface area contributed by atoms with Crippen LogP contribution in [0.25, 0.3) is 10.2 Å². The summed E-state index contributed by atoms with van der Waals surface area (Å²) in [5.74, 6) is 1.45. The van der Waals surface area contributed by atoms with Gasteiger partial charge in [0.25, 0.3) is 5.56 Å². The van der Waals surface area contributed by atoms with Crippen LogP contribution >= 0.6 is 23.1 Å². The van der Waals surface area contributed by atoms with Gasteiger partial charge in [0.2, 0.25) is 5.91 Å². The van der Waals surface area contributed by atoms with Gasteiger partial charge in [0.05, 0.1) is 16.9 Å². The van der Waals surface area contributed by atoms with Gasteiger partial charge < -0.3 is 19.5 Å². The van der Waals surface area contributed by atoms with E-state index in [4.69, 9.17) is 4.74 Å². The maximum atomic E-state index is 12.5. The lowest BCUT2D eigenvalue weighted by Gasteiger charge is -2.35. The molecule has 8 nitrogen and oxygen atoms in total. The van der Waals surface area contributed by atoms with Gasteiger partial charge in [-0.1, -0.05) is 0 Å². The van der Waals surface area contributed by atoms with E-state index < -0.39 is 5.60 Å². The van der Waals surface area contributed by atoms with Crippen molar-refractivity contribution in [3.05, 3.63) is 26.6 Å². The van der Waals surface area contributed by atoms with Crippen molar-refractivity contribution in [2.45, 2.75) is 51.4 Å². The van der Waals surface area contributed by atoms with Crippen molar-refractivity contribution in [1.29, 1.82) is 0 Å². The molecule has 0 unspecified atom stereocenters. The highest BCUT2D eigenvalue weighted by molar-refractivity contribution is 7.99. The number of carbonyl (C=O) groups is 2. The van der Waals surface area contributed by atoms with E-state index in [1.807, 2.05) is 20.8 Å². The number of thioether (sulfide) groups is 1. The highest BCUT2D eigenvalue weighted by Crippen LogP contribution is 2.34. The van der Waals surface area contributed by atoms with Gasteiger partial charge in [-0.2, -0.15) is 0 Å². The number of thiophene rings is 1. The van der Waals surface area contributed by atoms with Crippen molar-refractivity contribution in [3.8, 4) is 0 Å². The van der Waals surface area contributed by atoms with Gasteiger partial charge in [-0.15, -0.1) is 23.1 Å². The van der Waals surface area contributed by atoms with Gasteiger partial charge in [0.15, 0.2) is 0 Å². The molecule has 2 aromatic heterocycles. The van der Waals surface area contributed by atoms with Crippen LogP contribution in [-0.4, -0.2) is 69.3 Å². The molecule has 2 aromatic rings. The number of H-pyrrole nitrogens is 1. The summed E-state index contributed by atoms with van der Waals surface area (Å²) in [6, 6.07) is 0. The Morgan fingerprint density at radius 1 is 1.16 bits per heavy atom. The molecule has 0 spiro atoms. The Kier molecular flexibility index (Phi) is 6.30. The Morgan fingerprint density at radius 2 is 1.87 bits per heavy atom. The molecule has 1 fully saturated rings. The molecule has 1 aliphatic heterocycles. The van der Waals surface area contributed by atoms with Crippen molar-refractivity contribution >= 4 is 45.3 Å². The number of fused-ring (bicyclic) bond motifs is 3. The zero-order chi connectivity index (χ0) is 22.2. The molecule has 0 bridgehead atoms. The van der Waals surface area contributed by atoms with Gasteiger partial charge in [-0.3, -0.25) is 9.59 Å². The molecule has 168 valence electrons. The SMILES string of the molecule is CC(C)(C)OC(=O)N1CCN(C(=O)CSCc2nc3sc4c(c3c(=O)[nH]2)CCC4)CC1. The second kappa shape index (κ2) is 8.82. The minimum absolute atomic E-state index is 0.0346. The number of hydrogen-bond donors (Lipinski definition) is 1. The average molecular weight is 465 g/mol. The Balaban J connectivity index is 1.26. The zero-order valence-corrected chi connectivity index (χ0v) is 19.8. The number of aromatic amines is 1. The first kappa shape index (κ1) is 22.1. The predicted octanol–water partition coefficient (Wildman–Crippen LogP) is 2.79. The molecule has 0 aromatic carbocycles. The smallest absolute Gasteiger partial charge is 0.410 e. The van der Waals surface area contributed by atoms with Gasteiger partial charge in [-0.05, 0) is 45.6 Å². The molecule has 4 rings (SSSR count). The quantitative estimate of drug-likeness (QED) is 0.748. The standard InChI is InChI=1S/C21H28N4O4S2/c1-21(2,3)29-20(28)25-9-7-24(8-10-25)16(26)12-30-11-15-22-18(27)17-13-5-4-6-14(13)31-19(17)23-15/h4-12H2,1-3H3,(H,22,23,27). The highest BCUT2D eigenvalue weighted by Gasteiger charge is 2.27. The summed E-state index contributed by atoms with van der Waals surface area (Å²) in [5.41, 5.74) is 0.584. The van der Waals surface area contributed by atoms with E-state index in [-0.39, 0.29) is 17.6 Å². The minimum Gasteiger partial charge on any atom is -0.444 e. The van der Waals surface area contributed by atoms with E-state index in [1.165, 1.54) is 22.2 Å². The van der Waals surface area contributed by atoms with Crippen molar-refractivity contribution < 1.29 is 14.3 Å². The van der Waals surface area contributed by atoms with E-state index in [1.54, 1.807) is 21.1 Å². The first-order valence-electron chi connectivity index (χ1n) is 10.6. The molecule has 1 N–H and O–H groups in total. The lowest BCUT2D eigenvalue weighted by Crippen LogP contribution is -2.52. The molecule has 0 radical (unpaired) electrons. The number of nitrogens with one attached hydrogen (secondary N) is 1. The van der Waals surface area contributed by atoms with Gasteiger partial charge in [0, 0.05) is 31.1 Å². The van der Waals surface area contributed by atoms with Crippen LogP contribution in [0.5, 0.6) is 0 Å². The van der Waals surface area contributed by atoms with Crippen molar-refractivity contribution in [2.24, 2.45) is 0 Å². The summed E-state index contributed by atoms with van der Waals surface area (Å²) in [6.07, 6.45) is 2.78.